The van der Waals surface area contributed by atoms with Crippen LogP contribution in [0.3, 0.4) is 0 Å². The Kier molecular flexibility index (Phi) is 3.48. The summed E-state index contributed by atoms with van der Waals surface area (Å²) in [6.45, 7) is 10.0. The molecule has 1 aromatic heterocycles. The van der Waals surface area contributed by atoms with Gasteiger partial charge < -0.3 is 14.6 Å². The first-order valence-electron chi connectivity index (χ1n) is 6.50. The molecule has 2 heterocycles. The van der Waals surface area contributed by atoms with Gasteiger partial charge >= 0.3 is 0 Å². The van der Waals surface area contributed by atoms with Gasteiger partial charge in [0.1, 0.15) is 0 Å². The Morgan fingerprint density at radius 3 is 2.83 bits per heavy atom. The molecule has 100 valence electrons. The van der Waals surface area contributed by atoms with Crippen LogP contribution in [0.1, 0.15) is 38.2 Å². The number of nitrogens with zero attached hydrogens (tertiary/aromatic N) is 1. The first-order chi connectivity index (χ1) is 8.42. The number of piperazine rings is 1. The molecule has 1 saturated heterocycles. The zero-order valence-electron chi connectivity index (χ0n) is 11.6. The highest BCUT2D eigenvalue weighted by atomic mass is 16.3. The molecule has 1 atom stereocenters. The van der Waals surface area contributed by atoms with E-state index in [1.807, 2.05) is 4.90 Å². The smallest absolute Gasteiger partial charge is 0.290 e. The van der Waals surface area contributed by atoms with Crippen molar-refractivity contribution in [2.75, 3.05) is 13.1 Å². The van der Waals surface area contributed by atoms with Gasteiger partial charge in [-0.05, 0) is 31.9 Å². The molecule has 0 aliphatic carbocycles. The molecule has 1 aliphatic rings. The minimum Gasteiger partial charge on any atom is -0.459 e. The first-order valence-corrected chi connectivity index (χ1v) is 6.50. The van der Waals surface area contributed by atoms with Gasteiger partial charge in [-0.15, -0.1) is 0 Å². The van der Waals surface area contributed by atoms with E-state index in [2.05, 4.69) is 33.0 Å². The van der Waals surface area contributed by atoms with Gasteiger partial charge in [-0.2, -0.15) is 0 Å². The van der Waals surface area contributed by atoms with Crippen LogP contribution in [0.2, 0.25) is 0 Å². The van der Waals surface area contributed by atoms with Crippen molar-refractivity contribution in [2.24, 2.45) is 5.92 Å². The highest BCUT2D eigenvalue weighted by Gasteiger charge is 2.38. The Morgan fingerprint density at radius 2 is 2.28 bits per heavy atom. The van der Waals surface area contributed by atoms with E-state index in [0.717, 1.165) is 13.1 Å². The van der Waals surface area contributed by atoms with Gasteiger partial charge in [0.15, 0.2) is 5.76 Å². The van der Waals surface area contributed by atoms with Crippen molar-refractivity contribution in [3.05, 3.63) is 24.2 Å². The monoisotopic (exact) mass is 250 g/mol. The minimum absolute atomic E-state index is 0.0165. The van der Waals surface area contributed by atoms with Crippen LogP contribution in [-0.2, 0) is 0 Å². The lowest BCUT2D eigenvalue weighted by Crippen LogP contribution is -2.64. The van der Waals surface area contributed by atoms with Crippen molar-refractivity contribution in [2.45, 2.75) is 39.3 Å². The molecule has 0 aromatic carbocycles. The third kappa shape index (κ3) is 2.43. The summed E-state index contributed by atoms with van der Waals surface area (Å²) in [6.07, 6.45) is 1.54. The number of carbonyl (C=O) groups is 1. The second-order valence-corrected chi connectivity index (χ2v) is 5.94. The van der Waals surface area contributed by atoms with Crippen LogP contribution in [0, 0.1) is 5.92 Å². The molecule has 1 aromatic rings. The zero-order valence-corrected chi connectivity index (χ0v) is 11.6. The fourth-order valence-corrected chi connectivity index (χ4v) is 2.32. The molecule has 0 bridgehead atoms. The number of hydrogen-bond acceptors (Lipinski definition) is 3. The van der Waals surface area contributed by atoms with E-state index in [4.69, 9.17) is 4.42 Å². The summed E-state index contributed by atoms with van der Waals surface area (Å²) in [4.78, 5) is 14.4. The highest BCUT2D eigenvalue weighted by molar-refractivity contribution is 5.92. The predicted octanol–water partition coefficient (Wildman–Crippen LogP) is 2.13. The fourth-order valence-electron chi connectivity index (χ4n) is 2.32. The van der Waals surface area contributed by atoms with Gasteiger partial charge in [0.25, 0.3) is 5.91 Å². The lowest BCUT2D eigenvalue weighted by Gasteiger charge is -2.46. The summed E-state index contributed by atoms with van der Waals surface area (Å²) in [5.74, 6) is 0.914. The number of nitrogens with one attached hydrogen (secondary N) is 1. The zero-order chi connectivity index (χ0) is 13.3. The Balaban J connectivity index is 2.19. The van der Waals surface area contributed by atoms with Crippen molar-refractivity contribution in [1.29, 1.82) is 0 Å². The van der Waals surface area contributed by atoms with Gasteiger partial charge in [-0.3, -0.25) is 4.79 Å². The van der Waals surface area contributed by atoms with Crippen molar-refractivity contribution in [1.82, 2.24) is 10.2 Å². The molecule has 18 heavy (non-hydrogen) atoms. The third-order valence-corrected chi connectivity index (χ3v) is 3.69. The van der Waals surface area contributed by atoms with E-state index in [1.54, 1.807) is 18.4 Å². The van der Waals surface area contributed by atoms with Gasteiger partial charge in [0.05, 0.1) is 11.8 Å². The number of rotatable bonds is 2. The average Bonchev–Trinajstić information content (AvgIpc) is 2.80. The standard InChI is InChI=1S/C14H22N2O2/c1-10(2)11-8-16(14(3,4)9-15-11)13(17)12-6-5-7-18-12/h5-7,10-11,15H,8-9H2,1-4H3. The molecule has 0 radical (unpaired) electrons. The second kappa shape index (κ2) is 4.76. The summed E-state index contributed by atoms with van der Waals surface area (Å²) in [5, 5.41) is 3.51. The molecule has 1 unspecified atom stereocenters. The van der Waals surface area contributed by atoms with E-state index >= 15 is 0 Å². The average molecular weight is 250 g/mol. The number of amides is 1. The predicted molar refractivity (Wildman–Crippen MR) is 70.5 cm³/mol. The van der Waals surface area contributed by atoms with Crippen molar-refractivity contribution in [3.8, 4) is 0 Å². The minimum atomic E-state index is -0.185. The van der Waals surface area contributed by atoms with Crippen LogP contribution >= 0.6 is 0 Å². The van der Waals surface area contributed by atoms with E-state index in [9.17, 15) is 4.79 Å². The lowest BCUT2D eigenvalue weighted by molar-refractivity contribution is 0.0324. The molecule has 1 fully saturated rings. The largest absolute Gasteiger partial charge is 0.459 e. The van der Waals surface area contributed by atoms with Gasteiger partial charge in [0, 0.05) is 19.1 Å². The maximum Gasteiger partial charge on any atom is 0.290 e. The molecule has 4 nitrogen and oxygen atoms in total. The third-order valence-electron chi connectivity index (χ3n) is 3.69. The van der Waals surface area contributed by atoms with Crippen LogP contribution in [0.4, 0.5) is 0 Å². The van der Waals surface area contributed by atoms with Crippen LogP contribution in [0.15, 0.2) is 22.8 Å². The summed E-state index contributed by atoms with van der Waals surface area (Å²) in [5.41, 5.74) is -0.185. The van der Waals surface area contributed by atoms with E-state index in [-0.39, 0.29) is 11.4 Å². The van der Waals surface area contributed by atoms with Crippen LogP contribution in [-0.4, -0.2) is 35.5 Å². The van der Waals surface area contributed by atoms with Gasteiger partial charge in [-0.25, -0.2) is 0 Å². The molecule has 1 aliphatic heterocycles. The van der Waals surface area contributed by atoms with Crippen molar-refractivity contribution in [3.63, 3.8) is 0 Å². The molecular formula is C14H22N2O2. The van der Waals surface area contributed by atoms with E-state index in [1.165, 1.54) is 0 Å². The van der Waals surface area contributed by atoms with Gasteiger partial charge in [0.2, 0.25) is 0 Å². The SMILES string of the molecule is CC(C)C1CN(C(=O)c2ccco2)C(C)(C)CN1. The Hall–Kier alpha value is -1.29. The summed E-state index contributed by atoms with van der Waals surface area (Å²) in [6, 6.07) is 3.82. The highest BCUT2D eigenvalue weighted by Crippen LogP contribution is 2.23. The van der Waals surface area contributed by atoms with Gasteiger partial charge in [-0.1, -0.05) is 13.8 Å². The fraction of sp³-hybridized carbons (Fsp3) is 0.643. The first kappa shape index (κ1) is 13.1. The van der Waals surface area contributed by atoms with Crippen LogP contribution in [0.25, 0.3) is 0 Å². The quantitative estimate of drug-likeness (QED) is 0.874. The van der Waals surface area contributed by atoms with Crippen LogP contribution < -0.4 is 5.32 Å². The Labute approximate surface area is 108 Å². The molecule has 1 amide bonds. The number of furan rings is 1. The Bertz CT molecular complexity index is 409. The molecule has 2 rings (SSSR count). The maximum atomic E-state index is 12.4. The van der Waals surface area contributed by atoms with Crippen LogP contribution in [0.5, 0.6) is 0 Å². The van der Waals surface area contributed by atoms with E-state index in [0.29, 0.717) is 17.7 Å². The Morgan fingerprint density at radius 1 is 1.56 bits per heavy atom. The molecule has 0 spiro atoms. The molecule has 0 saturated carbocycles. The number of carbonyl (C=O) groups excluding carboxylic acids is 1. The second-order valence-electron chi connectivity index (χ2n) is 5.94. The van der Waals surface area contributed by atoms with E-state index < -0.39 is 0 Å². The maximum absolute atomic E-state index is 12.4. The number of hydrogen-bond donors (Lipinski definition) is 1. The lowest BCUT2D eigenvalue weighted by atomic mass is 9.92. The topological polar surface area (TPSA) is 45.5 Å². The van der Waals surface area contributed by atoms with Crippen molar-refractivity contribution >= 4 is 5.91 Å². The summed E-state index contributed by atoms with van der Waals surface area (Å²) in [7, 11) is 0. The molecule has 4 heteroatoms. The normalized spacial score (nSPS) is 23.4. The molecular weight excluding hydrogens is 228 g/mol. The summed E-state index contributed by atoms with van der Waals surface area (Å²) < 4.78 is 5.23. The van der Waals surface area contributed by atoms with Crippen molar-refractivity contribution < 1.29 is 9.21 Å². The molecule has 1 N–H and O–H groups in total. The summed E-state index contributed by atoms with van der Waals surface area (Å²) >= 11 is 0.